The van der Waals surface area contributed by atoms with Crippen molar-refractivity contribution in [2.45, 2.75) is 6.92 Å². The number of rotatable bonds is 6. The molecule has 0 saturated heterocycles. The summed E-state index contributed by atoms with van der Waals surface area (Å²) in [6.07, 6.45) is 6.48. The molecule has 7 heteroatoms. The zero-order valence-corrected chi connectivity index (χ0v) is 14.9. The molecule has 0 fully saturated rings. The van der Waals surface area contributed by atoms with Gasteiger partial charge in [0.25, 0.3) is 0 Å². The minimum atomic E-state index is 0.323. The van der Waals surface area contributed by atoms with Crippen molar-refractivity contribution >= 4 is 35.7 Å². The van der Waals surface area contributed by atoms with Crippen LogP contribution in [0.25, 0.3) is 0 Å². The third kappa shape index (κ3) is 5.68. The van der Waals surface area contributed by atoms with Crippen molar-refractivity contribution in [2.75, 3.05) is 0 Å². The number of allylic oxidation sites excluding steroid dienone is 3. The third-order valence-corrected chi connectivity index (χ3v) is 3.42. The largest absolute Gasteiger partial charge is 0.516 e. The molecule has 2 rings (SSSR count). The number of hydrogen-bond donors (Lipinski definition) is 3. The van der Waals surface area contributed by atoms with E-state index in [9.17, 15) is 0 Å². The number of aliphatic hydroxyl groups is 1. The van der Waals surface area contributed by atoms with Gasteiger partial charge in [0.15, 0.2) is 5.84 Å². The Morgan fingerprint density at radius 2 is 2.00 bits per heavy atom. The van der Waals surface area contributed by atoms with E-state index in [1.807, 2.05) is 43.3 Å². The van der Waals surface area contributed by atoms with E-state index in [1.54, 1.807) is 18.4 Å². The number of benzene rings is 1. The molecule has 1 aromatic heterocycles. The molecule has 0 unspecified atom stereocenters. The fourth-order valence-corrected chi connectivity index (χ4v) is 2.17. The van der Waals surface area contributed by atoms with Crippen molar-refractivity contribution in [2.24, 2.45) is 9.98 Å². The lowest BCUT2D eigenvalue weighted by Gasteiger charge is -2.11. The molecule has 0 bridgehead atoms. The van der Waals surface area contributed by atoms with Crippen LogP contribution >= 0.6 is 11.6 Å². The van der Waals surface area contributed by atoms with Crippen LogP contribution in [0.4, 0.5) is 5.69 Å². The molecule has 1 heterocycles. The number of para-hydroxylation sites is 1. The van der Waals surface area contributed by atoms with E-state index in [1.165, 1.54) is 6.08 Å². The second kappa shape index (κ2) is 9.90. The summed E-state index contributed by atoms with van der Waals surface area (Å²) in [4.78, 5) is 12.7. The van der Waals surface area contributed by atoms with E-state index in [2.05, 4.69) is 20.3 Å². The van der Waals surface area contributed by atoms with E-state index in [0.717, 1.165) is 23.9 Å². The standard InChI is InChI=1S/C19H18ClN5O/c1-14-9-10-17(20)25-18(14)19(23-13-21)24-16(8-5-11-26)12-22-15-6-3-2-4-7-15/h2-13,26H,1H3,(H2,21,23,24)/b11-5+,16-8+,22-12-. The lowest BCUT2D eigenvalue weighted by Crippen LogP contribution is -2.26. The molecule has 0 saturated carbocycles. The Bertz CT molecular complexity index is 873. The van der Waals surface area contributed by atoms with Gasteiger partial charge < -0.3 is 10.4 Å². The van der Waals surface area contributed by atoms with Gasteiger partial charge in [-0.3, -0.25) is 10.4 Å². The summed E-state index contributed by atoms with van der Waals surface area (Å²) in [7, 11) is 0. The normalized spacial score (nSPS) is 12.7. The van der Waals surface area contributed by atoms with Crippen LogP contribution in [0.2, 0.25) is 5.15 Å². The fourth-order valence-electron chi connectivity index (χ4n) is 2.02. The minimum absolute atomic E-state index is 0.323. The number of halogens is 1. The molecule has 0 radical (unpaired) electrons. The summed E-state index contributed by atoms with van der Waals surface area (Å²) < 4.78 is 0. The lowest BCUT2D eigenvalue weighted by atomic mass is 10.2. The van der Waals surface area contributed by atoms with Crippen LogP contribution in [-0.2, 0) is 0 Å². The first-order valence-electron chi connectivity index (χ1n) is 7.71. The Kier molecular flexibility index (Phi) is 7.27. The van der Waals surface area contributed by atoms with Gasteiger partial charge in [-0.15, -0.1) is 0 Å². The Labute approximate surface area is 156 Å². The lowest BCUT2D eigenvalue weighted by molar-refractivity contribution is 0.473. The second-order valence-corrected chi connectivity index (χ2v) is 5.48. The minimum Gasteiger partial charge on any atom is -0.516 e. The van der Waals surface area contributed by atoms with Gasteiger partial charge in [0.2, 0.25) is 0 Å². The summed E-state index contributed by atoms with van der Waals surface area (Å²) in [5.41, 5.74) is 2.68. The molecule has 0 amide bonds. The van der Waals surface area contributed by atoms with E-state index in [-0.39, 0.29) is 0 Å². The van der Waals surface area contributed by atoms with Crippen molar-refractivity contribution in [3.05, 3.63) is 83.0 Å². The summed E-state index contributed by atoms with van der Waals surface area (Å²) >= 11 is 5.99. The SMILES string of the molecule is Cc1ccc(Cl)nc1/C(=N\C=N)NC(/C=N\c1ccccc1)=C/C=C/O. The molecule has 0 aliphatic carbocycles. The molecular formula is C19H18ClN5O. The predicted octanol–water partition coefficient (Wildman–Crippen LogP) is 4.34. The molecular weight excluding hydrogens is 350 g/mol. The Morgan fingerprint density at radius 3 is 2.69 bits per heavy atom. The van der Waals surface area contributed by atoms with Gasteiger partial charge in [-0.05, 0) is 42.8 Å². The van der Waals surface area contributed by atoms with Gasteiger partial charge in [-0.1, -0.05) is 35.9 Å². The Hall–Kier alpha value is -3.25. The maximum Gasteiger partial charge on any atom is 0.158 e. The summed E-state index contributed by atoms with van der Waals surface area (Å²) in [6, 6.07) is 12.9. The van der Waals surface area contributed by atoms with Crippen molar-refractivity contribution in [3.8, 4) is 0 Å². The number of hydrogen-bond acceptors (Lipinski definition) is 4. The highest BCUT2D eigenvalue weighted by atomic mass is 35.5. The molecule has 3 N–H and O–H groups in total. The number of aryl methyl sites for hydroxylation is 1. The average molecular weight is 368 g/mol. The quantitative estimate of drug-likeness (QED) is 0.233. The number of aromatic nitrogens is 1. The van der Waals surface area contributed by atoms with Gasteiger partial charge in [0, 0.05) is 0 Å². The highest BCUT2D eigenvalue weighted by Crippen LogP contribution is 2.12. The molecule has 2 aromatic rings. The van der Waals surface area contributed by atoms with Gasteiger partial charge >= 0.3 is 0 Å². The highest BCUT2D eigenvalue weighted by molar-refractivity contribution is 6.29. The van der Waals surface area contributed by atoms with Crippen molar-refractivity contribution in [1.82, 2.24) is 10.3 Å². The maximum absolute atomic E-state index is 8.94. The number of aliphatic hydroxyl groups excluding tert-OH is 1. The van der Waals surface area contributed by atoms with Gasteiger partial charge in [0.05, 0.1) is 23.9 Å². The summed E-state index contributed by atoms with van der Waals surface area (Å²) in [5.74, 6) is 0.345. The number of aliphatic imine (C=N–C) groups is 2. The molecule has 0 aliphatic rings. The first kappa shape index (κ1) is 19.1. The van der Waals surface area contributed by atoms with Crippen LogP contribution in [0.5, 0.6) is 0 Å². The highest BCUT2D eigenvalue weighted by Gasteiger charge is 2.10. The number of nitrogens with one attached hydrogen (secondary N) is 2. The molecule has 0 spiro atoms. The van der Waals surface area contributed by atoms with E-state index in [4.69, 9.17) is 22.1 Å². The number of nitrogens with zero attached hydrogens (tertiary/aromatic N) is 3. The van der Waals surface area contributed by atoms with Gasteiger partial charge in [-0.25, -0.2) is 9.98 Å². The summed E-state index contributed by atoms with van der Waals surface area (Å²) in [6.45, 7) is 1.87. The zero-order chi connectivity index (χ0) is 18.8. The number of pyridine rings is 1. The van der Waals surface area contributed by atoms with Crippen LogP contribution in [0.3, 0.4) is 0 Å². The average Bonchev–Trinajstić information content (AvgIpc) is 2.66. The van der Waals surface area contributed by atoms with Gasteiger partial charge in [-0.2, -0.15) is 0 Å². The van der Waals surface area contributed by atoms with Crippen LogP contribution in [0, 0.1) is 12.3 Å². The monoisotopic (exact) mass is 367 g/mol. The Morgan fingerprint density at radius 1 is 1.23 bits per heavy atom. The van der Waals surface area contributed by atoms with E-state index in [0.29, 0.717) is 22.4 Å². The van der Waals surface area contributed by atoms with Crippen LogP contribution in [0.1, 0.15) is 11.3 Å². The van der Waals surface area contributed by atoms with Crippen LogP contribution in [-0.4, -0.2) is 28.5 Å². The molecule has 0 aliphatic heterocycles. The van der Waals surface area contributed by atoms with Crippen molar-refractivity contribution < 1.29 is 5.11 Å². The van der Waals surface area contributed by atoms with Crippen molar-refractivity contribution in [1.29, 1.82) is 5.41 Å². The first-order valence-corrected chi connectivity index (χ1v) is 8.09. The smallest absolute Gasteiger partial charge is 0.158 e. The number of amidine groups is 1. The third-order valence-electron chi connectivity index (χ3n) is 3.21. The molecule has 26 heavy (non-hydrogen) atoms. The second-order valence-electron chi connectivity index (χ2n) is 5.09. The van der Waals surface area contributed by atoms with Crippen molar-refractivity contribution in [3.63, 3.8) is 0 Å². The zero-order valence-electron chi connectivity index (χ0n) is 14.1. The van der Waals surface area contributed by atoms with Crippen LogP contribution < -0.4 is 5.32 Å². The van der Waals surface area contributed by atoms with Gasteiger partial charge in [0.1, 0.15) is 17.2 Å². The molecule has 6 nitrogen and oxygen atoms in total. The fraction of sp³-hybridized carbons (Fsp3) is 0.0526. The predicted molar refractivity (Wildman–Crippen MR) is 107 cm³/mol. The molecule has 0 atom stereocenters. The molecule has 132 valence electrons. The first-order chi connectivity index (χ1) is 12.6. The van der Waals surface area contributed by atoms with E-state index < -0.39 is 0 Å². The topological polar surface area (TPSA) is 93.7 Å². The Balaban J connectivity index is 2.35. The summed E-state index contributed by atoms with van der Waals surface area (Å²) in [5, 5.41) is 19.6. The maximum atomic E-state index is 8.94. The van der Waals surface area contributed by atoms with E-state index >= 15 is 0 Å². The molecule has 1 aromatic carbocycles. The van der Waals surface area contributed by atoms with Crippen LogP contribution in [0.15, 0.2) is 76.6 Å².